The summed E-state index contributed by atoms with van der Waals surface area (Å²) in [6, 6.07) is 21.3. The van der Waals surface area contributed by atoms with Crippen molar-refractivity contribution in [2.75, 3.05) is 0 Å². The van der Waals surface area contributed by atoms with Gasteiger partial charge in [0.25, 0.3) is 0 Å². The van der Waals surface area contributed by atoms with Crippen molar-refractivity contribution in [1.29, 1.82) is 0 Å². The van der Waals surface area contributed by atoms with Crippen molar-refractivity contribution in [1.82, 2.24) is 0 Å². The van der Waals surface area contributed by atoms with E-state index < -0.39 is 5.91 Å². The molecule has 37 heavy (non-hydrogen) atoms. The number of unbranched alkanes of at least 4 members (excludes halogenated alkanes) is 6. The molecular formula is C31H44Cl2NOSiTi. The van der Waals surface area contributed by atoms with E-state index in [0.29, 0.717) is 12.3 Å². The fourth-order valence-corrected chi connectivity index (χ4v) is 4.91. The molecule has 2 aromatic rings. The molecule has 3 rings (SSSR count). The molecule has 0 saturated heterocycles. The summed E-state index contributed by atoms with van der Waals surface area (Å²) in [5.41, 5.74) is 10.9. The summed E-state index contributed by atoms with van der Waals surface area (Å²) in [6.45, 7) is 10.9. The van der Waals surface area contributed by atoms with E-state index in [4.69, 9.17) is 5.73 Å². The summed E-state index contributed by atoms with van der Waals surface area (Å²) in [6.07, 6.45) is 12.3. The van der Waals surface area contributed by atoms with E-state index in [0.717, 1.165) is 12.8 Å². The Balaban J connectivity index is -0.000000457. The van der Waals surface area contributed by atoms with Gasteiger partial charge >= 0.3 is 21.7 Å². The summed E-state index contributed by atoms with van der Waals surface area (Å²) in [4.78, 5) is 10.2. The third-order valence-electron chi connectivity index (χ3n) is 6.18. The molecule has 1 atom stereocenters. The summed E-state index contributed by atoms with van der Waals surface area (Å²) < 4.78 is 0. The van der Waals surface area contributed by atoms with Crippen LogP contribution in [0, 0.1) is 12.0 Å². The van der Waals surface area contributed by atoms with Crippen LogP contribution in [0.15, 0.2) is 77.4 Å². The molecule has 1 radical (unpaired) electrons. The zero-order valence-electron chi connectivity index (χ0n) is 23.2. The smallest absolute Gasteiger partial charge is 1.00 e. The summed E-state index contributed by atoms with van der Waals surface area (Å²) in [5, 5.41) is 2.90. The maximum absolute atomic E-state index is 10.2. The number of nitrogens with one attached hydrogen (secondary N) is 1. The number of hydrogen-bond acceptors (Lipinski definition) is 1. The van der Waals surface area contributed by atoms with Gasteiger partial charge in [0.2, 0.25) is 0 Å². The number of rotatable bonds is 10. The molecule has 2 nitrogen and oxygen atoms in total. The van der Waals surface area contributed by atoms with Crippen molar-refractivity contribution in [3.63, 3.8) is 0 Å². The predicted octanol–water partition coefficient (Wildman–Crippen LogP) is 1.51. The molecule has 6 heteroatoms. The first-order valence-corrected chi connectivity index (χ1v) is 14.0. The Bertz CT molecular complexity index is 851. The van der Waals surface area contributed by atoms with E-state index in [1.807, 2.05) is 0 Å². The van der Waals surface area contributed by atoms with Gasteiger partial charge in [0.15, 0.2) is 0 Å². The third kappa shape index (κ3) is 19.6. The van der Waals surface area contributed by atoms with Crippen molar-refractivity contribution < 1.29 is 51.3 Å². The van der Waals surface area contributed by atoms with Crippen molar-refractivity contribution in [2.45, 2.75) is 86.0 Å². The summed E-state index contributed by atoms with van der Waals surface area (Å²) in [7, 11) is 0.271. The summed E-state index contributed by atoms with van der Waals surface area (Å²) in [5.74, 6) is 0.147. The van der Waals surface area contributed by atoms with Crippen LogP contribution in [0.5, 0.6) is 0 Å². The van der Waals surface area contributed by atoms with Crippen molar-refractivity contribution >= 4 is 25.8 Å². The Kier molecular flexibility index (Phi) is 27.5. The predicted molar refractivity (Wildman–Crippen MR) is 151 cm³/mol. The van der Waals surface area contributed by atoms with E-state index in [2.05, 4.69) is 101 Å². The van der Waals surface area contributed by atoms with E-state index in [1.54, 1.807) is 0 Å². The molecular weight excluding hydrogens is 549 g/mol. The Morgan fingerprint density at radius 3 is 1.57 bits per heavy atom. The number of carbonyl (C=O) groups excluding carboxylic acids is 1. The Morgan fingerprint density at radius 1 is 0.811 bits per heavy atom. The quantitative estimate of drug-likeness (QED) is 0.234. The van der Waals surface area contributed by atoms with Gasteiger partial charge in [-0.1, -0.05) is 143 Å². The van der Waals surface area contributed by atoms with Crippen LogP contribution in [0.3, 0.4) is 0 Å². The van der Waals surface area contributed by atoms with Crippen LogP contribution >= 0.6 is 0 Å². The largest absolute Gasteiger partial charge is 4.00 e. The molecule has 1 aliphatic rings. The Labute approximate surface area is 256 Å². The molecule has 201 valence electrons. The van der Waals surface area contributed by atoms with Gasteiger partial charge in [0, 0.05) is 5.91 Å². The van der Waals surface area contributed by atoms with Crippen LogP contribution < -0.4 is 35.2 Å². The standard InChI is InChI=1S/C12H11Si.C10H21NO.C9H13.2ClH.Ti/c1-3-7-11(8-4-1)13-12-9-5-2-6-10-12;1-2-3-4-5-6-7-8-9-10(11)12;1-6-5-7(2)9(4)8(6)3;;;/h1-10,13H;2-9H2,1H3,(H2,11,12);6H,1-4H3;2*1H;/q;;-1;;;+4/p-3. The number of allylic oxidation sites excluding steroid dienone is 4. The second kappa shape index (κ2) is 25.2. The van der Waals surface area contributed by atoms with Crippen LogP contribution in [0.4, 0.5) is 0 Å². The van der Waals surface area contributed by atoms with Gasteiger partial charge in [0.1, 0.15) is 9.52 Å². The van der Waals surface area contributed by atoms with Crippen LogP contribution in [0.25, 0.3) is 5.73 Å². The minimum atomic E-state index is -0.413. The van der Waals surface area contributed by atoms with Crippen molar-refractivity contribution in [3.05, 3.63) is 89.2 Å². The monoisotopic (exact) mass is 592 g/mol. The first-order valence-electron chi connectivity index (χ1n) is 12.8. The fourth-order valence-electron chi connectivity index (χ4n) is 3.70. The molecule has 2 aromatic carbocycles. The van der Waals surface area contributed by atoms with Gasteiger partial charge in [-0.05, 0) is 12.8 Å². The molecule has 0 heterocycles. The number of benzene rings is 2. The average molecular weight is 594 g/mol. The van der Waals surface area contributed by atoms with Gasteiger partial charge in [-0.15, -0.1) is 6.92 Å². The molecule has 0 saturated carbocycles. The number of carbonyl (C=O) groups is 1. The molecule has 1 aliphatic carbocycles. The Morgan fingerprint density at radius 2 is 1.24 bits per heavy atom. The third-order valence-corrected chi connectivity index (χ3v) is 7.61. The zero-order valence-corrected chi connectivity index (χ0v) is 27.5. The SMILES string of the molecule is CC1=[C-]C(C)C(C)=C1C.CCCCCCCCCC([NH-])=O.[Cl-].[Cl-].[Ti+4].c1ccc([SiH]c2ccccc2)cc1. The van der Waals surface area contributed by atoms with Crippen molar-refractivity contribution in [3.8, 4) is 0 Å². The van der Waals surface area contributed by atoms with Crippen molar-refractivity contribution in [2.24, 2.45) is 5.92 Å². The molecule has 1 amide bonds. The molecule has 0 aliphatic heterocycles. The van der Waals surface area contributed by atoms with Gasteiger partial charge in [-0.3, -0.25) is 6.08 Å². The van der Waals surface area contributed by atoms with Crippen LogP contribution in [0.2, 0.25) is 0 Å². The fraction of sp³-hybridized carbons (Fsp3) is 0.452. The van der Waals surface area contributed by atoms with Crippen LogP contribution in [0.1, 0.15) is 86.0 Å². The molecule has 0 aromatic heterocycles. The summed E-state index contributed by atoms with van der Waals surface area (Å²) >= 11 is 0. The average Bonchev–Trinajstić information content (AvgIpc) is 3.05. The maximum atomic E-state index is 10.2. The first-order chi connectivity index (χ1) is 16.3. The molecule has 0 spiro atoms. The van der Waals surface area contributed by atoms with Crippen LogP contribution in [-0.4, -0.2) is 15.4 Å². The van der Waals surface area contributed by atoms with E-state index >= 15 is 0 Å². The molecule has 1 N–H and O–H groups in total. The van der Waals surface area contributed by atoms with Gasteiger partial charge in [-0.25, -0.2) is 5.57 Å². The second-order valence-electron chi connectivity index (χ2n) is 9.06. The molecule has 0 bridgehead atoms. The van der Waals surface area contributed by atoms with Crippen LogP contribution in [-0.2, 0) is 26.5 Å². The van der Waals surface area contributed by atoms with Gasteiger partial charge in [-0.2, -0.15) is 11.1 Å². The maximum Gasteiger partial charge on any atom is 4.00 e. The van der Waals surface area contributed by atoms with Gasteiger partial charge < -0.3 is 35.3 Å². The Hall–Kier alpha value is -1.10. The number of hydrogen-bond donors (Lipinski definition) is 0. The second-order valence-corrected chi connectivity index (χ2v) is 10.7. The first kappa shape index (κ1) is 40.4. The number of amides is 1. The molecule has 1 unspecified atom stereocenters. The normalized spacial score (nSPS) is 13.3. The van der Waals surface area contributed by atoms with Gasteiger partial charge in [0.05, 0.1) is 0 Å². The number of halogens is 2. The minimum Gasteiger partial charge on any atom is -1.00 e. The topological polar surface area (TPSA) is 40.9 Å². The molecule has 0 fully saturated rings. The van der Waals surface area contributed by atoms with E-state index in [9.17, 15) is 4.79 Å². The van der Waals surface area contributed by atoms with E-state index in [-0.39, 0.29) is 56.1 Å². The van der Waals surface area contributed by atoms with E-state index in [1.165, 1.54) is 59.2 Å². The zero-order chi connectivity index (χ0) is 25.2. The minimum absolute atomic E-state index is 0.